The first-order valence-corrected chi connectivity index (χ1v) is 11.7. The Hall–Kier alpha value is -1.51. The average molecular weight is 390 g/mol. The van der Waals surface area contributed by atoms with Crippen LogP contribution in [0, 0.1) is 0 Å². The SMILES string of the molecule is CCOC(=O)CCCCCCCCCCCCCCCCc1ccccc1N. The summed E-state index contributed by atoms with van der Waals surface area (Å²) in [6.45, 7) is 2.37. The first-order valence-electron chi connectivity index (χ1n) is 11.7. The Bertz CT molecular complexity index is 501. The maximum Gasteiger partial charge on any atom is 0.305 e. The van der Waals surface area contributed by atoms with Gasteiger partial charge in [-0.15, -0.1) is 0 Å². The molecule has 0 unspecified atom stereocenters. The molecule has 0 aliphatic carbocycles. The fourth-order valence-corrected chi connectivity index (χ4v) is 3.70. The second kappa shape index (κ2) is 17.6. The van der Waals surface area contributed by atoms with Gasteiger partial charge in [0.1, 0.15) is 0 Å². The highest BCUT2D eigenvalue weighted by atomic mass is 16.5. The molecule has 28 heavy (non-hydrogen) atoms. The van der Waals surface area contributed by atoms with Gasteiger partial charge in [-0.2, -0.15) is 0 Å². The molecule has 0 bridgehead atoms. The molecule has 160 valence electrons. The van der Waals surface area contributed by atoms with Crippen LogP contribution in [0.25, 0.3) is 0 Å². The molecule has 0 aliphatic heterocycles. The third-order valence-electron chi connectivity index (χ3n) is 5.44. The Morgan fingerprint density at radius 2 is 1.21 bits per heavy atom. The van der Waals surface area contributed by atoms with E-state index in [-0.39, 0.29) is 5.97 Å². The largest absolute Gasteiger partial charge is 0.466 e. The number of esters is 1. The number of rotatable bonds is 18. The molecule has 2 N–H and O–H groups in total. The molecule has 1 aromatic carbocycles. The third kappa shape index (κ3) is 13.6. The van der Waals surface area contributed by atoms with Crippen LogP contribution >= 0.6 is 0 Å². The molecule has 0 amide bonds. The standard InChI is InChI=1S/C25H43NO2/c1-2-28-25(27)22-16-14-12-10-8-6-4-3-5-7-9-11-13-15-19-23-20-17-18-21-24(23)26/h17-18,20-21H,2-16,19,22,26H2,1H3. The van der Waals surface area contributed by atoms with Gasteiger partial charge in [0.2, 0.25) is 0 Å². The summed E-state index contributed by atoms with van der Waals surface area (Å²) in [5.74, 6) is -0.0385. The predicted molar refractivity (Wildman–Crippen MR) is 120 cm³/mol. The lowest BCUT2D eigenvalue weighted by Gasteiger charge is -2.05. The summed E-state index contributed by atoms with van der Waals surface area (Å²) in [5.41, 5.74) is 8.24. The lowest BCUT2D eigenvalue weighted by molar-refractivity contribution is -0.143. The van der Waals surface area contributed by atoms with Crippen molar-refractivity contribution >= 4 is 11.7 Å². The zero-order valence-electron chi connectivity index (χ0n) is 18.2. The summed E-state index contributed by atoms with van der Waals surface area (Å²) in [5, 5.41) is 0. The second-order valence-electron chi connectivity index (χ2n) is 7.95. The maximum absolute atomic E-state index is 11.2. The van der Waals surface area contributed by atoms with Gasteiger partial charge in [-0.1, -0.05) is 95.2 Å². The number of nitrogens with two attached hydrogens (primary N) is 1. The molecule has 1 aromatic rings. The quantitative estimate of drug-likeness (QED) is 0.164. The van der Waals surface area contributed by atoms with Crippen molar-refractivity contribution in [1.29, 1.82) is 0 Å². The van der Waals surface area contributed by atoms with Crippen LogP contribution < -0.4 is 5.73 Å². The van der Waals surface area contributed by atoms with Crippen LogP contribution in [0.1, 0.15) is 109 Å². The summed E-state index contributed by atoms with van der Waals surface area (Å²) in [4.78, 5) is 11.2. The van der Waals surface area contributed by atoms with Crippen LogP contribution in [0.15, 0.2) is 24.3 Å². The van der Waals surface area contributed by atoms with E-state index in [1.807, 2.05) is 19.1 Å². The number of para-hydroxylation sites is 1. The minimum Gasteiger partial charge on any atom is -0.466 e. The molecule has 1 rings (SSSR count). The molecule has 0 radical (unpaired) electrons. The molecule has 0 atom stereocenters. The van der Waals surface area contributed by atoms with Crippen molar-refractivity contribution in [3.8, 4) is 0 Å². The zero-order valence-corrected chi connectivity index (χ0v) is 18.2. The van der Waals surface area contributed by atoms with Gasteiger partial charge < -0.3 is 10.5 Å². The molecule has 0 aliphatic rings. The summed E-state index contributed by atoms with van der Waals surface area (Å²) >= 11 is 0. The van der Waals surface area contributed by atoms with E-state index in [0.29, 0.717) is 13.0 Å². The molecule has 0 aromatic heterocycles. The Kier molecular flexibility index (Phi) is 15.4. The van der Waals surface area contributed by atoms with Gasteiger partial charge in [0, 0.05) is 12.1 Å². The van der Waals surface area contributed by atoms with Crippen molar-refractivity contribution < 1.29 is 9.53 Å². The van der Waals surface area contributed by atoms with Crippen LogP contribution in [-0.4, -0.2) is 12.6 Å². The van der Waals surface area contributed by atoms with Crippen LogP contribution in [0.4, 0.5) is 5.69 Å². The van der Waals surface area contributed by atoms with Crippen molar-refractivity contribution in [3.05, 3.63) is 29.8 Å². The lowest BCUT2D eigenvalue weighted by atomic mass is 10.0. The zero-order chi connectivity index (χ0) is 20.3. The van der Waals surface area contributed by atoms with Gasteiger partial charge in [0.25, 0.3) is 0 Å². The van der Waals surface area contributed by atoms with E-state index in [1.54, 1.807) is 0 Å². The fourth-order valence-electron chi connectivity index (χ4n) is 3.70. The smallest absolute Gasteiger partial charge is 0.305 e. The molecular weight excluding hydrogens is 346 g/mol. The van der Waals surface area contributed by atoms with Crippen molar-refractivity contribution in [2.45, 2.75) is 110 Å². The number of benzene rings is 1. The lowest BCUT2D eigenvalue weighted by Crippen LogP contribution is -2.03. The highest BCUT2D eigenvalue weighted by Gasteiger charge is 2.01. The van der Waals surface area contributed by atoms with Crippen LogP contribution in [0.2, 0.25) is 0 Å². The predicted octanol–water partition coefficient (Wildman–Crippen LogP) is 7.23. The number of aryl methyl sites for hydroxylation is 1. The molecule has 3 heteroatoms. The second-order valence-corrected chi connectivity index (χ2v) is 7.95. The minimum absolute atomic E-state index is 0.0385. The fraction of sp³-hybridized carbons (Fsp3) is 0.720. The monoisotopic (exact) mass is 389 g/mol. The number of nitrogen functional groups attached to an aromatic ring is 1. The maximum atomic E-state index is 11.2. The van der Waals surface area contributed by atoms with Crippen molar-refractivity contribution in [3.63, 3.8) is 0 Å². The van der Waals surface area contributed by atoms with Crippen molar-refractivity contribution in [2.75, 3.05) is 12.3 Å². The van der Waals surface area contributed by atoms with Gasteiger partial charge in [-0.3, -0.25) is 4.79 Å². The van der Waals surface area contributed by atoms with E-state index in [1.165, 1.54) is 82.6 Å². The van der Waals surface area contributed by atoms with E-state index < -0.39 is 0 Å². The van der Waals surface area contributed by atoms with Gasteiger partial charge in [-0.05, 0) is 37.8 Å². The molecular formula is C25H43NO2. The number of hydrogen-bond acceptors (Lipinski definition) is 3. The molecule has 3 nitrogen and oxygen atoms in total. The molecule has 0 heterocycles. The summed E-state index contributed by atoms with van der Waals surface area (Å²) < 4.78 is 4.94. The minimum atomic E-state index is -0.0385. The molecule has 0 spiro atoms. The highest BCUT2D eigenvalue weighted by Crippen LogP contribution is 2.16. The van der Waals surface area contributed by atoms with Gasteiger partial charge in [0.15, 0.2) is 0 Å². The number of carbonyl (C=O) groups excluding carboxylic acids is 1. The normalized spacial score (nSPS) is 10.9. The van der Waals surface area contributed by atoms with Crippen molar-refractivity contribution in [2.24, 2.45) is 0 Å². The molecule has 0 saturated carbocycles. The number of ether oxygens (including phenoxy) is 1. The first-order chi connectivity index (χ1) is 13.7. The Morgan fingerprint density at radius 3 is 1.71 bits per heavy atom. The van der Waals surface area contributed by atoms with E-state index in [4.69, 9.17) is 10.5 Å². The Balaban J connectivity index is 1.75. The van der Waals surface area contributed by atoms with Crippen LogP contribution in [-0.2, 0) is 16.0 Å². The number of unbranched alkanes of at least 4 members (excludes halogenated alkanes) is 13. The van der Waals surface area contributed by atoms with E-state index in [0.717, 1.165) is 24.9 Å². The topological polar surface area (TPSA) is 52.3 Å². The number of hydrogen-bond donors (Lipinski definition) is 1. The Labute approximate surface area is 173 Å². The summed E-state index contributed by atoms with van der Waals surface area (Å²) in [6, 6.07) is 8.24. The molecule has 0 fully saturated rings. The Morgan fingerprint density at radius 1 is 0.750 bits per heavy atom. The first kappa shape index (κ1) is 24.5. The van der Waals surface area contributed by atoms with Crippen molar-refractivity contribution in [1.82, 2.24) is 0 Å². The third-order valence-corrected chi connectivity index (χ3v) is 5.44. The number of carbonyl (C=O) groups is 1. The highest BCUT2D eigenvalue weighted by molar-refractivity contribution is 5.69. The summed E-state index contributed by atoms with van der Waals surface area (Å²) in [7, 11) is 0. The van der Waals surface area contributed by atoms with Gasteiger partial charge in [-0.25, -0.2) is 0 Å². The number of anilines is 1. The van der Waals surface area contributed by atoms with E-state index in [9.17, 15) is 4.79 Å². The van der Waals surface area contributed by atoms with E-state index >= 15 is 0 Å². The van der Waals surface area contributed by atoms with Crippen LogP contribution in [0.5, 0.6) is 0 Å². The van der Waals surface area contributed by atoms with E-state index in [2.05, 4.69) is 12.1 Å². The van der Waals surface area contributed by atoms with Gasteiger partial charge >= 0.3 is 5.97 Å². The molecule has 0 saturated heterocycles. The average Bonchev–Trinajstić information content (AvgIpc) is 2.69. The summed E-state index contributed by atoms with van der Waals surface area (Å²) in [6.07, 6.45) is 20.0. The van der Waals surface area contributed by atoms with Crippen LogP contribution in [0.3, 0.4) is 0 Å². The van der Waals surface area contributed by atoms with Gasteiger partial charge in [0.05, 0.1) is 6.61 Å².